The second-order valence-corrected chi connectivity index (χ2v) is 4.86. The van der Waals surface area contributed by atoms with E-state index in [-0.39, 0.29) is 17.9 Å². The molecule has 2 rings (SSSR count). The van der Waals surface area contributed by atoms with Crippen molar-refractivity contribution in [3.63, 3.8) is 0 Å². The van der Waals surface area contributed by atoms with E-state index in [1.807, 2.05) is 13.8 Å². The van der Waals surface area contributed by atoms with Crippen LogP contribution in [0.1, 0.15) is 37.1 Å². The summed E-state index contributed by atoms with van der Waals surface area (Å²) in [5.41, 5.74) is 1.45. The highest BCUT2D eigenvalue weighted by Gasteiger charge is 2.13. The lowest BCUT2D eigenvalue weighted by Crippen LogP contribution is -2.22. The largest absolute Gasteiger partial charge is 0.304 e. The van der Waals surface area contributed by atoms with Gasteiger partial charge in [-0.15, -0.1) is 0 Å². The van der Waals surface area contributed by atoms with Gasteiger partial charge in [-0.2, -0.15) is 0 Å². The number of hydrogen-bond donors (Lipinski definition) is 1. The van der Waals surface area contributed by atoms with Crippen LogP contribution in [0.2, 0.25) is 0 Å². The van der Waals surface area contributed by atoms with E-state index in [4.69, 9.17) is 0 Å². The van der Waals surface area contributed by atoms with Crippen molar-refractivity contribution in [3.8, 4) is 0 Å². The zero-order valence-corrected chi connectivity index (χ0v) is 11.3. The van der Waals surface area contributed by atoms with Crippen LogP contribution in [0.4, 0.5) is 13.2 Å². The first kappa shape index (κ1) is 14.6. The molecule has 0 amide bonds. The molecule has 0 aliphatic heterocycles. The summed E-state index contributed by atoms with van der Waals surface area (Å²) in [4.78, 5) is 0. The molecule has 2 aromatic rings. The molecule has 0 heterocycles. The molecule has 0 aliphatic carbocycles. The summed E-state index contributed by atoms with van der Waals surface area (Å²) in [5.74, 6) is -1.48. The predicted octanol–water partition coefficient (Wildman–Crippen LogP) is 4.52. The van der Waals surface area contributed by atoms with E-state index in [0.29, 0.717) is 5.56 Å². The van der Waals surface area contributed by atoms with E-state index in [1.165, 1.54) is 24.3 Å². The molecule has 1 N–H and O–H groups in total. The van der Waals surface area contributed by atoms with Gasteiger partial charge in [0, 0.05) is 18.2 Å². The van der Waals surface area contributed by atoms with Crippen molar-refractivity contribution in [3.05, 3.63) is 71.0 Å². The van der Waals surface area contributed by atoms with E-state index < -0.39 is 11.6 Å². The highest BCUT2D eigenvalue weighted by molar-refractivity contribution is 5.23. The minimum atomic E-state index is -0.594. The van der Waals surface area contributed by atoms with Gasteiger partial charge in [0.2, 0.25) is 0 Å². The summed E-state index contributed by atoms with van der Waals surface area (Å²) >= 11 is 0. The number of hydrogen-bond acceptors (Lipinski definition) is 1. The van der Waals surface area contributed by atoms with E-state index in [2.05, 4.69) is 5.32 Å². The highest BCUT2D eigenvalue weighted by Crippen LogP contribution is 2.21. The van der Waals surface area contributed by atoms with Crippen molar-refractivity contribution < 1.29 is 13.2 Å². The minimum absolute atomic E-state index is 0.0584. The molecule has 0 saturated carbocycles. The molecule has 2 unspecified atom stereocenters. The second-order valence-electron chi connectivity index (χ2n) is 4.86. The second kappa shape index (κ2) is 6.09. The Balaban J connectivity index is 2.10. The lowest BCUT2D eigenvalue weighted by atomic mass is 10.0. The summed E-state index contributed by atoms with van der Waals surface area (Å²) in [7, 11) is 0. The van der Waals surface area contributed by atoms with E-state index in [1.54, 1.807) is 12.1 Å². The van der Waals surface area contributed by atoms with Gasteiger partial charge in [-0.05, 0) is 49.2 Å². The first-order chi connectivity index (χ1) is 9.45. The Morgan fingerprint density at radius 2 is 1.20 bits per heavy atom. The van der Waals surface area contributed by atoms with Crippen LogP contribution in [0.15, 0.2) is 42.5 Å². The summed E-state index contributed by atoms with van der Waals surface area (Å²) in [5, 5.41) is 3.23. The first-order valence-electron chi connectivity index (χ1n) is 6.43. The molecule has 0 spiro atoms. The van der Waals surface area contributed by atoms with Crippen molar-refractivity contribution in [2.45, 2.75) is 25.9 Å². The van der Waals surface area contributed by atoms with Crippen LogP contribution < -0.4 is 5.32 Å². The molecule has 0 aromatic heterocycles. The average Bonchev–Trinajstić information content (AvgIpc) is 2.38. The quantitative estimate of drug-likeness (QED) is 0.868. The minimum Gasteiger partial charge on any atom is -0.304 e. The normalized spacial score (nSPS) is 14.1. The topological polar surface area (TPSA) is 12.0 Å². The molecule has 0 aliphatic rings. The lowest BCUT2D eigenvalue weighted by molar-refractivity contribution is 0.486. The highest BCUT2D eigenvalue weighted by atomic mass is 19.1. The van der Waals surface area contributed by atoms with Crippen LogP contribution in [0, 0.1) is 17.5 Å². The Hall–Kier alpha value is -1.81. The van der Waals surface area contributed by atoms with Gasteiger partial charge in [0.15, 0.2) is 0 Å². The summed E-state index contributed by atoms with van der Waals surface area (Å²) < 4.78 is 39.2. The molecular weight excluding hydrogens is 263 g/mol. The molecule has 4 heteroatoms. The summed E-state index contributed by atoms with van der Waals surface area (Å²) in [6.45, 7) is 3.74. The molecule has 20 heavy (non-hydrogen) atoms. The van der Waals surface area contributed by atoms with Gasteiger partial charge in [0.1, 0.15) is 17.5 Å². The standard InChI is InChI=1S/C16H16F3N/c1-10(12-3-5-14(17)6-4-12)20-11(2)13-7-15(18)9-16(19)8-13/h3-11,20H,1-2H3. The molecule has 2 atom stereocenters. The predicted molar refractivity (Wildman–Crippen MR) is 72.7 cm³/mol. The van der Waals surface area contributed by atoms with Crippen molar-refractivity contribution >= 4 is 0 Å². The molecular formula is C16H16F3N. The molecule has 106 valence electrons. The third-order valence-corrected chi connectivity index (χ3v) is 3.25. The SMILES string of the molecule is CC(NC(C)c1cc(F)cc(F)c1)c1ccc(F)cc1. The Labute approximate surface area is 116 Å². The Kier molecular flexibility index (Phi) is 4.45. The monoisotopic (exact) mass is 279 g/mol. The van der Waals surface area contributed by atoms with Crippen LogP contribution in [0.25, 0.3) is 0 Å². The number of nitrogens with one attached hydrogen (secondary N) is 1. The fourth-order valence-electron chi connectivity index (χ4n) is 2.14. The number of benzene rings is 2. The maximum Gasteiger partial charge on any atom is 0.126 e. The smallest absolute Gasteiger partial charge is 0.126 e. The van der Waals surface area contributed by atoms with Gasteiger partial charge in [-0.1, -0.05) is 12.1 Å². The lowest BCUT2D eigenvalue weighted by Gasteiger charge is -2.21. The number of halogens is 3. The Bertz CT molecular complexity index is 561. The van der Waals surface area contributed by atoms with Gasteiger partial charge >= 0.3 is 0 Å². The molecule has 1 nitrogen and oxygen atoms in total. The summed E-state index contributed by atoms with van der Waals surface area (Å²) in [6, 6.07) is 9.32. The Morgan fingerprint density at radius 3 is 1.75 bits per heavy atom. The van der Waals surface area contributed by atoms with Crippen molar-refractivity contribution in [2.75, 3.05) is 0 Å². The van der Waals surface area contributed by atoms with Crippen LogP contribution >= 0.6 is 0 Å². The van der Waals surface area contributed by atoms with Crippen LogP contribution in [0.5, 0.6) is 0 Å². The van der Waals surface area contributed by atoms with E-state index >= 15 is 0 Å². The van der Waals surface area contributed by atoms with E-state index in [0.717, 1.165) is 11.6 Å². The molecule has 0 bridgehead atoms. The van der Waals surface area contributed by atoms with E-state index in [9.17, 15) is 13.2 Å². The Morgan fingerprint density at radius 1 is 0.700 bits per heavy atom. The van der Waals surface area contributed by atoms with Gasteiger partial charge < -0.3 is 5.32 Å². The maximum atomic E-state index is 13.2. The molecule has 0 fully saturated rings. The van der Waals surface area contributed by atoms with Gasteiger partial charge in [0.05, 0.1) is 0 Å². The summed E-state index contributed by atoms with van der Waals surface area (Å²) in [6.07, 6.45) is 0. The van der Waals surface area contributed by atoms with Crippen molar-refractivity contribution in [2.24, 2.45) is 0 Å². The fraction of sp³-hybridized carbons (Fsp3) is 0.250. The zero-order valence-electron chi connectivity index (χ0n) is 11.3. The third-order valence-electron chi connectivity index (χ3n) is 3.25. The van der Waals surface area contributed by atoms with Crippen LogP contribution in [-0.2, 0) is 0 Å². The zero-order chi connectivity index (χ0) is 14.7. The van der Waals surface area contributed by atoms with Crippen molar-refractivity contribution in [1.82, 2.24) is 5.32 Å². The third kappa shape index (κ3) is 3.61. The van der Waals surface area contributed by atoms with Gasteiger partial charge in [-0.3, -0.25) is 0 Å². The maximum absolute atomic E-state index is 13.2. The van der Waals surface area contributed by atoms with Crippen molar-refractivity contribution in [1.29, 1.82) is 0 Å². The van der Waals surface area contributed by atoms with Crippen LogP contribution in [-0.4, -0.2) is 0 Å². The molecule has 0 saturated heterocycles. The number of rotatable bonds is 4. The van der Waals surface area contributed by atoms with Gasteiger partial charge in [0.25, 0.3) is 0 Å². The molecule has 0 radical (unpaired) electrons. The first-order valence-corrected chi connectivity index (χ1v) is 6.43. The fourth-order valence-corrected chi connectivity index (χ4v) is 2.14. The molecule has 2 aromatic carbocycles. The van der Waals surface area contributed by atoms with Crippen LogP contribution in [0.3, 0.4) is 0 Å². The van der Waals surface area contributed by atoms with Gasteiger partial charge in [-0.25, -0.2) is 13.2 Å². The average molecular weight is 279 g/mol.